The molecule has 1 rings (SSSR count). The number of hydrogen-bond acceptors (Lipinski definition) is 3. The van der Waals surface area contributed by atoms with Gasteiger partial charge in [-0.05, 0) is 6.42 Å². The second-order valence-electron chi connectivity index (χ2n) is 2.53. The molecule has 4 heteroatoms. The van der Waals surface area contributed by atoms with Crippen molar-refractivity contribution in [1.29, 1.82) is 0 Å². The molecule has 1 heterocycles. The lowest BCUT2D eigenvalue weighted by atomic mass is 10.2. The molecule has 0 aromatic heterocycles. The van der Waals surface area contributed by atoms with E-state index in [1.54, 1.807) is 23.6 Å². The first kappa shape index (κ1) is 9.00. The van der Waals surface area contributed by atoms with E-state index < -0.39 is 0 Å². The quantitative estimate of drug-likeness (QED) is 0.585. The third-order valence-corrected chi connectivity index (χ3v) is 3.32. The molecule has 0 unspecified atom stereocenters. The van der Waals surface area contributed by atoms with Crippen molar-refractivity contribution in [2.45, 2.75) is 26.3 Å². The molecule has 2 nitrogen and oxygen atoms in total. The van der Waals surface area contributed by atoms with Crippen molar-refractivity contribution in [2.24, 2.45) is 0 Å². The highest BCUT2D eigenvalue weighted by Gasteiger charge is 2.30. The fourth-order valence-electron chi connectivity index (χ4n) is 1.15. The molecule has 0 spiro atoms. The number of amides is 1. The van der Waals surface area contributed by atoms with Crippen molar-refractivity contribution >= 4 is 34.2 Å². The van der Waals surface area contributed by atoms with E-state index in [0.29, 0.717) is 6.04 Å². The summed E-state index contributed by atoms with van der Waals surface area (Å²) in [4.78, 5) is 12.8. The Labute approximate surface area is 76.3 Å². The van der Waals surface area contributed by atoms with Crippen molar-refractivity contribution in [2.75, 3.05) is 5.75 Å². The molecular formula is C7H11NOS2. The van der Waals surface area contributed by atoms with Gasteiger partial charge in [-0.3, -0.25) is 9.69 Å². The van der Waals surface area contributed by atoms with Crippen LogP contribution >= 0.6 is 24.0 Å². The van der Waals surface area contributed by atoms with Crippen LogP contribution in [0, 0.1) is 0 Å². The average molecular weight is 189 g/mol. The van der Waals surface area contributed by atoms with Gasteiger partial charge in [0.25, 0.3) is 0 Å². The Morgan fingerprint density at radius 2 is 2.55 bits per heavy atom. The monoisotopic (exact) mass is 189 g/mol. The van der Waals surface area contributed by atoms with Gasteiger partial charge in [0.05, 0.1) is 0 Å². The number of carbonyl (C=O) groups is 1. The largest absolute Gasteiger partial charge is 0.294 e. The Kier molecular flexibility index (Phi) is 2.90. The molecule has 0 aromatic carbocycles. The maximum absolute atomic E-state index is 11.1. The van der Waals surface area contributed by atoms with E-state index >= 15 is 0 Å². The van der Waals surface area contributed by atoms with Crippen LogP contribution in [-0.4, -0.2) is 26.9 Å². The van der Waals surface area contributed by atoms with E-state index in [9.17, 15) is 4.79 Å². The SMILES string of the molecule is CC[C@H]1CSC(=S)N1C(C)=O. The zero-order chi connectivity index (χ0) is 8.43. The van der Waals surface area contributed by atoms with Crippen LogP contribution in [0.25, 0.3) is 0 Å². The Bertz CT molecular complexity index is 193. The Morgan fingerprint density at radius 1 is 1.91 bits per heavy atom. The van der Waals surface area contributed by atoms with Gasteiger partial charge in [-0.25, -0.2) is 0 Å². The zero-order valence-corrected chi connectivity index (χ0v) is 8.30. The van der Waals surface area contributed by atoms with Crippen LogP contribution in [0.1, 0.15) is 20.3 Å². The van der Waals surface area contributed by atoms with Gasteiger partial charge in [0.15, 0.2) is 0 Å². The van der Waals surface area contributed by atoms with Crippen LogP contribution in [0.5, 0.6) is 0 Å². The van der Waals surface area contributed by atoms with Gasteiger partial charge in [0.1, 0.15) is 4.32 Å². The predicted octanol–water partition coefficient (Wildman–Crippen LogP) is 1.65. The average Bonchev–Trinajstić information content (AvgIpc) is 2.30. The second kappa shape index (κ2) is 3.54. The highest BCUT2D eigenvalue weighted by molar-refractivity contribution is 8.23. The van der Waals surface area contributed by atoms with Crippen molar-refractivity contribution in [1.82, 2.24) is 4.90 Å². The lowest BCUT2D eigenvalue weighted by Gasteiger charge is -2.19. The molecule has 0 N–H and O–H groups in total. The maximum atomic E-state index is 11.1. The standard InChI is InChI=1S/C7H11NOS2/c1-3-6-4-11-7(10)8(6)5(2)9/h6H,3-4H2,1-2H3/t6-/m0/s1. The number of rotatable bonds is 1. The molecule has 0 saturated carbocycles. The third-order valence-electron chi connectivity index (χ3n) is 1.77. The number of hydrogen-bond donors (Lipinski definition) is 0. The Morgan fingerprint density at radius 3 is 2.91 bits per heavy atom. The molecule has 1 aliphatic rings. The van der Waals surface area contributed by atoms with Gasteiger partial charge >= 0.3 is 0 Å². The van der Waals surface area contributed by atoms with Crippen molar-refractivity contribution < 1.29 is 4.79 Å². The van der Waals surface area contributed by atoms with Crippen LogP contribution in [0.3, 0.4) is 0 Å². The van der Waals surface area contributed by atoms with Gasteiger partial charge in [0, 0.05) is 18.7 Å². The zero-order valence-electron chi connectivity index (χ0n) is 6.66. The molecule has 62 valence electrons. The molecule has 0 bridgehead atoms. The molecule has 1 aliphatic heterocycles. The van der Waals surface area contributed by atoms with Gasteiger partial charge in [0.2, 0.25) is 5.91 Å². The summed E-state index contributed by atoms with van der Waals surface area (Å²) in [5.41, 5.74) is 0. The fraction of sp³-hybridized carbons (Fsp3) is 0.714. The first-order valence-electron chi connectivity index (χ1n) is 3.63. The first-order valence-corrected chi connectivity index (χ1v) is 5.02. The van der Waals surface area contributed by atoms with E-state index in [0.717, 1.165) is 16.5 Å². The summed E-state index contributed by atoms with van der Waals surface area (Å²) in [7, 11) is 0. The smallest absolute Gasteiger partial charge is 0.225 e. The summed E-state index contributed by atoms with van der Waals surface area (Å²) in [6, 6.07) is 0.338. The molecule has 0 radical (unpaired) electrons. The van der Waals surface area contributed by atoms with Gasteiger partial charge in [-0.15, -0.1) is 0 Å². The molecule has 1 amide bonds. The minimum absolute atomic E-state index is 0.0758. The highest BCUT2D eigenvalue weighted by atomic mass is 32.2. The summed E-state index contributed by atoms with van der Waals surface area (Å²) < 4.78 is 0.740. The van der Waals surface area contributed by atoms with E-state index in [1.165, 1.54) is 0 Å². The lowest BCUT2D eigenvalue weighted by molar-refractivity contribution is -0.126. The van der Waals surface area contributed by atoms with E-state index in [4.69, 9.17) is 12.2 Å². The summed E-state index contributed by atoms with van der Waals surface area (Å²) in [5, 5.41) is 0. The number of thiocarbonyl (C=S) groups is 1. The first-order chi connectivity index (χ1) is 5.16. The van der Waals surface area contributed by atoms with Gasteiger partial charge in [-0.1, -0.05) is 30.9 Å². The summed E-state index contributed by atoms with van der Waals surface area (Å²) in [5.74, 6) is 1.04. The van der Waals surface area contributed by atoms with Crippen LogP contribution in [-0.2, 0) is 4.79 Å². The van der Waals surface area contributed by atoms with E-state index in [-0.39, 0.29) is 5.91 Å². The molecule has 0 aliphatic carbocycles. The number of thioether (sulfide) groups is 1. The predicted molar refractivity (Wildman–Crippen MR) is 51.7 cm³/mol. The molecule has 11 heavy (non-hydrogen) atoms. The highest BCUT2D eigenvalue weighted by Crippen LogP contribution is 2.25. The normalized spacial score (nSPS) is 24.4. The minimum Gasteiger partial charge on any atom is -0.294 e. The van der Waals surface area contributed by atoms with Crippen LogP contribution in [0.15, 0.2) is 0 Å². The fourth-order valence-corrected chi connectivity index (χ4v) is 2.76. The molecular weight excluding hydrogens is 178 g/mol. The van der Waals surface area contributed by atoms with Gasteiger partial charge < -0.3 is 0 Å². The molecule has 1 saturated heterocycles. The van der Waals surface area contributed by atoms with Crippen molar-refractivity contribution in [3.05, 3.63) is 0 Å². The van der Waals surface area contributed by atoms with Crippen molar-refractivity contribution in [3.63, 3.8) is 0 Å². The van der Waals surface area contributed by atoms with Crippen molar-refractivity contribution in [3.8, 4) is 0 Å². The third kappa shape index (κ3) is 1.73. The number of carbonyl (C=O) groups excluding carboxylic acids is 1. The Balaban J connectivity index is 2.71. The minimum atomic E-state index is 0.0758. The van der Waals surface area contributed by atoms with Crippen LogP contribution in [0.2, 0.25) is 0 Å². The lowest BCUT2D eigenvalue weighted by Crippen LogP contribution is -2.36. The van der Waals surface area contributed by atoms with E-state index in [2.05, 4.69) is 6.92 Å². The maximum Gasteiger partial charge on any atom is 0.225 e. The topological polar surface area (TPSA) is 20.3 Å². The molecule has 1 atom stereocenters. The number of nitrogens with zero attached hydrogens (tertiary/aromatic N) is 1. The molecule has 1 fully saturated rings. The molecule has 0 aromatic rings. The van der Waals surface area contributed by atoms with Gasteiger partial charge in [-0.2, -0.15) is 0 Å². The summed E-state index contributed by atoms with van der Waals surface area (Å²) in [6.45, 7) is 3.65. The summed E-state index contributed by atoms with van der Waals surface area (Å²) >= 11 is 6.63. The second-order valence-corrected chi connectivity index (χ2v) is 4.18. The van der Waals surface area contributed by atoms with E-state index in [1.807, 2.05) is 0 Å². The Hall–Kier alpha value is -0.0900. The summed E-state index contributed by atoms with van der Waals surface area (Å²) in [6.07, 6.45) is 0.993. The van der Waals surface area contributed by atoms with Crippen LogP contribution < -0.4 is 0 Å². The van der Waals surface area contributed by atoms with Crippen LogP contribution in [0.4, 0.5) is 0 Å².